The van der Waals surface area contributed by atoms with Crippen molar-refractivity contribution in [1.82, 2.24) is 5.32 Å². The first-order valence-electron chi connectivity index (χ1n) is 4.75. The summed E-state index contributed by atoms with van der Waals surface area (Å²) in [6.45, 7) is 0. The highest BCUT2D eigenvalue weighted by molar-refractivity contribution is 6.33. The van der Waals surface area contributed by atoms with Crippen molar-refractivity contribution in [3.63, 3.8) is 0 Å². The molecule has 0 radical (unpaired) electrons. The van der Waals surface area contributed by atoms with Crippen LogP contribution in [0.3, 0.4) is 0 Å². The molecule has 0 aromatic heterocycles. The van der Waals surface area contributed by atoms with Crippen molar-refractivity contribution in [2.24, 2.45) is 15.0 Å². The van der Waals surface area contributed by atoms with Gasteiger partial charge in [0.25, 0.3) is 0 Å². The first kappa shape index (κ1) is 9.30. The average molecular weight is 231 g/mol. The lowest BCUT2D eigenvalue weighted by atomic mass is 10.2. The molecule has 1 aromatic carbocycles. The number of amidine groups is 1. The molecular weight excluding hydrogens is 224 g/mol. The number of hydrogen-bond donors (Lipinski definition) is 1. The van der Waals surface area contributed by atoms with Crippen LogP contribution in [-0.4, -0.2) is 18.4 Å². The van der Waals surface area contributed by atoms with E-state index in [4.69, 9.17) is 11.6 Å². The van der Waals surface area contributed by atoms with Gasteiger partial charge in [0.15, 0.2) is 11.0 Å². The fourth-order valence-electron chi connectivity index (χ4n) is 1.53. The van der Waals surface area contributed by atoms with E-state index in [-0.39, 0.29) is 0 Å². The fourth-order valence-corrected chi connectivity index (χ4v) is 1.72. The quantitative estimate of drug-likeness (QED) is 0.683. The lowest BCUT2D eigenvalue weighted by Gasteiger charge is -2.09. The monoisotopic (exact) mass is 230 g/mol. The van der Waals surface area contributed by atoms with E-state index in [2.05, 4.69) is 20.3 Å². The summed E-state index contributed by atoms with van der Waals surface area (Å²) in [6, 6.07) is 7.76. The van der Waals surface area contributed by atoms with E-state index in [0.29, 0.717) is 16.7 Å². The van der Waals surface area contributed by atoms with Gasteiger partial charge in [-0.2, -0.15) is 0 Å². The maximum absolute atomic E-state index is 5.95. The Morgan fingerprint density at radius 1 is 1.12 bits per heavy atom. The number of nitrogens with zero attached hydrogens (tertiary/aromatic N) is 3. The Morgan fingerprint density at radius 2 is 2.00 bits per heavy atom. The topological polar surface area (TPSA) is 49.1 Å². The van der Waals surface area contributed by atoms with Crippen LogP contribution in [0, 0.1) is 0 Å². The van der Waals surface area contributed by atoms with Gasteiger partial charge >= 0.3 is 0 Å². The molecule has 2 aliphatic rings. The molecule has 1 aromatic rings. The van der Waals surface area contributed by atoms with Gasteiger partial charge in [-0.3, -0.25) is 0 Å². The molecule has 2 aliphatic heterocycles. The molecule has 0 spiro atoms. The minimum atomic E-state index is 0.349. The van der Waals surface area contributed by atoms with Crippen molar-refractivity contribution in [3.05, 3.63) is 40.7 Å². The van der Waals surface area contributed by atoms with Gasteiger partial charge < -0.3 is 5.32 Å². The van der Waals surface area contributed by atoms with Crippen LogP contribution in [0.4, 0.5) is 5.69 Å². The van der Waals surface area contributed by atoms with Crippen LogP contribution >= 0.6 is 11.6 Å². The maximum Gasteiger partial charge on any atom is 0.160 e. The van der Waals surface area contributed by atoms with Crippen molar-refractivity contribution in [2.45, 2.75) is 0 Å². The van der Waals surface area contributed by atoms with E-state index in [1.165, 1.54) is 6.34 Å². The number of nitrogens with one attached hydrogen (secondary N) is 1. The molecule has 5 heteroatoms. The van der Waals surface area contributed by atoms with Gasteiger partial charge in [-0.15, -0.1) is 0 Å². The Morgan fingerprint density at radius 3 is 2.94 bits per heavy atom. The van der Waals surface area contributed by atoms with Crippen LogP contribution in [0.2, 0.25) is 0 Å². The Kier molecular flexibility index (Phi) is 2.08. The number of halogens is 1. The summed E-state index contributed by atoms with van der Waals surface area (Å²) in [7, 11) is 0. The van der Waals surface area contributed by atoms with Gasteiger partial charge in [-0.1, -0.05) is 29.8 Å². The van der Waals surface area contributed by atoms with E-state index in [9.17, 15) is 0 Å². The largest absolute Gasteiger partial charge is 0.329 e. The van der Waals surface area contributed by atoms with Gasteiger partial charge in [0.2, 0.25) is 0 Å². The normalized spacial score (nSPS) is 17.2. The zero-order valence-electron chi connectivity index (χ0n) is 8.18. The van der Waals surface area contributed by atoms with Gasteiger partial charge in [-0.05, 0) is 6.07 Å². The molecule has 0 atom stereocenters. The third kappa shape index (κ3) is 1.44. The van der Waals surface area contributed by atoms with E-state index in [1.54, 1.807) is 6.21 Å². The van der Waals surface area contributed by atoms with Gasteiger partial charge in [-0.25, -0.2) is 15.0 Å². The molecule has 2 heterocycles. The number of hydrogen-bond acceptors (Lipinski definition) is 4. The molecule has 0 fully saturated rings. The first-order valence-corrected chi connectivity index (χ1v) is 5.13. The molecule has 0 saturated heterocycles. The van der Waals surface area contributed by atoms with Gasteiger partial charge in [0, 0.05) is 11.8 Å². The zero-order chi connectivity index (χ0) is 11.0. The first-order chi connectivity index (χ1) is 7.84. The van der Waals surface area contributed by atoms with Gasteiger partial charge in [0.05, 0.1) is 12.0 Å². The highest BCUT2D eigenvalue weighted by atomic mass is 35.5. The molecule has 0 aliphatic carbocycles. The van der Waals surface area contributed by atoms with Crippen molar-refractivity contribution in [2.75, 3.05) is 0 Å². The zero-order valence-corrected chi connectivity index (χ0v) is 8.94. The van der Waals surface area contributed by atoms with E-state index >= 15 is 0 Å². The summed E-state index contributed by atoms with van der Waals surface area (Å²) in [4.78, 5) is 12.7. The highest BCUT2D eigenvalue weighted by Crippen LogP contribution is 2.24. The summed E-state index contributed by atoms with van der Waals surface area (Å²) in [5, 5.41) is 3.28. The van der Waals surface area contributed by atoms with E-state index in [0.717, 1.165) is 11.3 Å². The van der Waals surface area contributed by atoms with Crippen LogP contribution in [-0.2, 0) is 0 Å². The van der Waals surface area contributed by atoms with E-state index < -0.39 is 0 Å². The summed E-state index contributed by atoms with van der Waals surface area (Å²) < 4.78 is 0. The van der Waals surface area contributed by atoms with Crippen LogP contribution in [0.1, 0.15) is 5.56 Å². The van der Waals surface area contributed by atoms with Crippen molar-refractivity contribution in [3.8, 4) is 0 Å². The lowest BCUT2D eigenvalue weighted by molar-refractivity contribution is 1.23. The fraction of sp³-hybridized carbons (Fsp3) is 0. The minimum Gasteiger partial charge on any atom is -0.329 e. The van der Waals surface area contributed by atoms with Crippen molar-refractivity contribution >= 4 is 35.7 Å². The molecule has 78 valence electrons. The standard InChI is InChI=1S/C11H7ClN4/c12-10-9-11(15-6-14-10)16-8-4-2-1-3-7(8)5-13-9/h1-6H,(H,14,15,16). The Hall–Kier alpha value is -1.94. The Bertz CT molecular complexity index is 569. The predicted octanol–water partition coefficient (Wildman–Crippen LogP) is 2.19. The van der Waals surface area contributed by atoms with E-state index in [1.807, 2.05) is 24.3 Å². The summed E-state index contributed by atoms with van der Waals surface area (Å²) in [5.74, 6) is 0.626. The van der Waals surface area contributed by atoms with Crippen LogP contribution < -0.4 is 5.32 Å². The summed E-state index contributed by atoms with van der Waals surface area (Å²) >= 11 is 5.95. The average Bonchev–Trinajstić information content (AvgIpc) is 2.48. The second kappa shape index (κ2) is 3.57. The molecule has 3 rings (SSSR count). The SMILES string of the molecule is ClC1=C2N=Cc3ccccc3N=C2NC=N1. The molecule has 0 amide bonds. The molecule has 0 saturated carbocycles. The Balaban J connectivity index is 2.23. The molecular formula is C11H7ClN4. The predicted molar refractivity (Wildman–Crippen MR) is 65.6 cm³/mol. The minimum absolute atomic E-state index is 0.349. The third-order valence-corrected chi connectivity index (χ3v) is 2.58. The highest BCUT2D eigenvalue weighted by Gasteiger charge is 2.17. The molecule has 16 heavy (non-hydrogen) atoms. The second-order valence-electron chi connectivity index (χ2n) is 3.32. The third-order valence-electron chi connectivity index (χ3n) is 2.30. The number of para-hydroxylation sites is 1. The van der Waals surface area contributed by atoms with Crippen LogP contribution in [0.15, 0.2) is 50.1 Å². The Labute approximate surface area is 97.1 Å². The second-order valence-corrected chi connectivity index (χ2v) is 3.68. The molecule has 4 nitrogen and oxygen atoms in total. The maximum atomic E-state index is 5.95. The number of rotatable bonds is 0. The van der Waals surface area contributed by atoms with Gasteiger partial charge in [0.1, 0.15) is 5.70 Å². The lowest BCUT2D eigenvalue weighted by Crippen LogP contribution is -2.26. The van der Waals surface area contributed by atoms with Crippen molar-refractivity contribution in [1.29, 1.82) is 0 Å². The number of fused-ring (bicyclic) bond motifs is 2. The molecule has 0 unspecified atom stereocenters. The summed E-state index contributed by atoms with van der Waals surface area (Å²) in [6.07, 6.45) is 3.25. The van der Waals surface area contributed by atoms with Crippen molar-refractivity contribution < 1.29 is 0 Å². The number of aliphatic imine (C=N–C) groups is 3. The smallest absolute Gasteiger partial charge is 0.160 e. The molecule has 0 bridgehead atoms. The summed E-state index contributed by atoms with van der Waals surface area (Å²) in [5.41, 5.74) is 2.40. The van der Waals surface area contributed by atoms with Crippen LogP contribution in [0.25, 0.3) is 0 Å². The molecule has 1 N–H and O–H groups in total. The number of benzene rings is 1. The van der Waals surface area contributed by atoms with Crippen LogP contribution in [0.5, 0.6) is 0 Å².